The molecule has 1 aromatic carbocycles. The Hall–Kier alpha value is -1.53. The van der Waals surface area contributed by atoms with E-state index < -0.39 is 5.82 Å². The van der Waals surface area contributed by atoms with Gasteiger partial charge in [0.15, 0.2) is 11.6 Å². The fraction of sp³-hybridized carbons (Fsp3) is 0.125. The summed E-state index contributed by atoms with van der Waals surface area (Å²) >= 11 is 5.85. The maximum Gasteiger partial charge on any atom is 0.170 e. The van der Waals surface area contributed by atoms with Gasteiger partial charge in [-0.05, 0) is 22.6 Å². The van der Waals surface area contributed by atoms with Crippen LogP contribution in [0.1, 0.15) is 5.82 Å². The number of tetrazole rings is 1. The van der Waals surface area contributed by atoms with Gasteiger partial charge >= 0.3 is 0 Å². The van der Waals surface area contributed by atoms with E-state index in [1.165, 1.54) is 16.8 Å². The molecule has 0 bridgehead atoms. The number of para-hydroxylation sites is 1. The molecular weight excluding hydrogens is 221 g/mol. The predicted octanol–water partition coefficient (Wildman–Crippen LogP) is 0.913. The third-order valence-corrected chi connectivity index (χ3v) is 2.17. The van der Waals surface area contributed by atoms with Gasteiger partial charge in [-0.15, -0.1) is 5.10 Å². The first-order valence-corrected chi connectivity index (χ1v) is 4.53. The molecule has 15 heavy (non-hydrogen) atoms. The molecule has 2 rings (SSSR count). The topological polar surface area (TPSA) is 69.6 Å². The monoisotopic (exact) mass is 227 g/mol. The Morgan fingerprint density at radius 2 is 2.27 bits per heavy atom. The molecule has 7 heteroatoms. The zero-order valence-corrected chi connectivity index (χ0v) is 8.32. The van der Waals surface area contributed by atoms with Crippen molar-refractivity contribution in [3.63, 3.8) is 0 Å². The largest absolute Gasteiger partial charge is 0.324 e. The number of aromatic nitrogens is 4. The lowest BCUT2D eigenvalue weighted by Crippen LogP contribution is -2.09. The van der Waals surface area contributed by atoms with Crippen LogP contribution in [0.2, 0.25) is 5.02 Å². The second-order valence-electron chi connectivity index (χ2n) is 2.78. The minimum absolute atomic E-state index is 0.109. The Balaban J connectivity index is 2.63. The third kappa shape index (κ3) is 1.69. The van der Waals surface area contributed by atoms with Crippen molar-refractivity contribution in [2.75, 3.05) is 0 Å². The number of benzene rings is 1. The summed E-state index contributed by atoms with van der Waals surface area (Å²) in [5.74, 6) is -0.147. The summed E-state index contributed by atoms with van der Waals surface area (Å²) in [5.41, 5.74) is 5.52. The molecule has 0 saturated heterocycles. The molecule has 2 aromatic rings. The normalized spacial score (nSPS) is 10.6. The molecule has 0 amide bonds. The van der Waals surface area contributed by atoms with Crippen molar-refractivity contribution in [3.8, 4) is 5.69 Å². The van der Waals surface area contributed by atoms with Crippen LogP contribution in [-0.2, 0) is 6.54 Å². The second-order valence-corrected chi connectivity index (χ2v) is 3.19. The average Bonchev–Trinajstić information content (AvgIpc) is 2.65. The van der Waals surface area contributed by atoms with E-state index >= 15 is 0 Å². The second kappa shape index (κ2) is 3.92. The molecule has 0 fully saturated rings. The highest BCUT2D eigenvalue weighted by Crippen LogP contribution is 2.22. The van der Waals surface area contributed by atoms with Crippen LogP contribution in [0, 0.1) is 5.82 Å². The molecule has 1 heterocycles. The van der Waals surface area contributed by atoms with Gasteiger partial charge < -0.3 is 5.73 Å². The molecule has 0 saturated carbocycles. The van der Waals surface area contributed by atoms with Crippen molar-refractivity contribution in [2.45, 2.75) is 6.54 Å². The minimum Gasteiger partial charge on any atom is -0.324 e. The molecule has 1 aromatic heterocycles. The third-order valence-electron chi connectivity index (χ3n) is 1.87. The smallest absolute Gasteiger partial charge is 0.170 e. The van der Waals surface area contributed by atoms with Gasteiger partial charge in [-0.2, -0.15) is 4.68 Å². The van der Waals surface area contributed by atoms with Crippen molar-refractivity contribution in [2.24, 2.45) is 5.73 Å². The quantitative estimate of drug-likeness (QED) is 0.828. The van der Waals surface area contributed by atoms with Crippen LogP contribution in [-0.4, -0.2) is 20.2 Å². The lowest BCUT2D eigenvalue weighted by molar-refractivity contribution is 0.602. The van der Waals surface area contributed by atoms with Gasteiger partial charge in [-0.1, -0.05) is 17.7 Å². The van der Waals surface area contributed by atoms with Crippen LogP contribution in [0.4, 0.5) is 4.39 Å². The van der Waals surface area contributed by atoms with E-state index in [-0.39, 0.29) is 17.3 Å². The summed E-state index contributed by atoms with van der Waals surface area (Å²) < 4.78 is 14.7. The van der Waals surface area contributed by atoms with Gasteiger partial charge in [0, 0.05) is 0 Å². The first-order chi connectivity index (χ1) is 7.24. The molecule has 0 aliphatic heterocycles. The standard InChI is InChI=1S/C8H7ClFN5/c9-5-2-1-3-6(10)8(5)15-7(4-11)12-13-14-15/h1-3H,4,11H2. The molecule has 0 atom stereocenters. The predicted molar refractivity (Wildman–Crippen MR) is 52.0 cm³/mol. The zero-order chi connectivity index (χ0) is 10.8. The highest BCUT2D eigenvalue weighted by molar-refractivity contribution is 6.32. The number of rotatable bonds is 2. The van der Waals surface area contributed by atoms with E-state index in [1.54, 1.807) is 6.07 Å². The maximum absolute atomic E-state index is 13.5. The van der Waals surface area contributed by atoms with E-state index in [1.807, 2.05) is 0 Å². The van der Waals surface area contributed by atoms with Crippen LogP contribution in [0.3, 0.4) is 0 Å². The van der Waals surface area contributed by atoms with E-state index in [4.69, 9.17) is 17.3 Å². The molecule has 2 N–H and O–H groups in total. The Morgan fingerprint density at radius 1 is 1.47 bits per heavy atom. The van der Waals surface area contributed by atoms with Crippen molar-refractivity contribution in [1.82, 2.24) is 20.2 Å². The Morgan fingerprint density at radius 3 is 2.93 bits per heavy atom. The summed E-state index contributed by atoms with van der Waals surface area (Å²) in [6, 6.07) is 4.35. The molecule has 0 spiro atoms. The summed E-state index contributed by atoms with van der Waals surface area (Å²) in [6.07, 6.45) is 0. The Kier molecular flexibility index (Phi) is 2.61. The van der Waals surface area contributed by atoms with Gasteiger partial charge in [-0.25, -0.2) is 4.39 Å². The van der Waals surface area contributed by atoms with Crippen LogP contribution >= 0.6 is 11.6 Å². The molecule has 0 aliphatic carbocycles. The summed E-state index contributed by atoms with van der Waals surface area (Å²) in [4.78, 5) is 0. The SMILES string of the molecule is NCc1nnnn1-c1c(F)cccc1Cl. The Bertz CT molecular complexity index is 463. The lowest BCUT2D eigenvalue weighted by Gasteiger charge is -2.05. The van der Waals surface area contributed by atoms with Crippen molar-refractivity contribution in [1.29, 1.82) is 0 Å². The number of nitrogens with zero attached hydrogens (tertiary/aromatic N) is 4. The zero-order valence-electron chi connectivity index (χ0n) is 7.56. The fourth-order valence-electron chi connectivity index (χ4n) is 1.20. The van der Waals surface area contributed by atoms with Crippen molar-refractivity contribution in [3.05, 3.63) is 34.9 Å². The number of halogens is 2. The molecular formula is C8H7ClFN5. The van der Waals surface area contributed by atoms with Crippen LogP contribution < -0.4 is 5.73 Å². The average molecular weight is 228 g/mol. The van der Waals surface area contributed by atoms with Gasteiger partial charge in [0.1, 0.15) is 5.69 Å². The van der Waals surface area contributed by atoms with Gasteiger partial charge in [0.05, 0.1) is 11.6 Å². The van der Waals surface area contributed by atoms with Gasteiger partial charge in [0.2, 0.25) is 0 Å². The van der Waals surface area contributed by atoms with Crippen molar-refractivity contribution < 1.29 is 4.39 Å². The minimum atomic E-state index is -0.496. The molecule has 5 nitrogen and oxygen atoms in total. The molecule has 78 valence electrons. The summed E-state index contributed by atoms with van der Waals surface area (Å²) in [5, 5.41) is 10.9. The van der Waals surface area contributed by atoms with Gasteiger partial charge in [0.25, 0.3) is 0 Å². The Labute approximate surface area is 89.6 Å². The first-order valence-electron chi connectivity index (χ1n) is 4.15. The van der Waals surface area contributed by atoms with Crippen molar-refractivity contribution >= 4 is 11.6 Å². The number of hydrogen-bond donors (Lipinski definition) is 1. The highest BCUT2D eigenvalue weighted by Gasteiger charge is 2.14. The van der Waals surface area contributed by atoms with Gasteiger partial charge in [-0.3, -0.25) is 0 Å². The van der Waals surface area contributed by atoms with Crippen LogP contribution in [0.25, 0.3) is 5.69 Å². The van der Waals surface area contributed by atoms with Crippen LogP contribution in [0.15, 0.2) is 18.2 Å². The van der Waals surface area contributed by atoms with E-state index in [2.05, 4.69) is 15.5 Å². The summed E-state index contributed by atoms with van der Waals surface area (Å²) in [6.45, 7) is 0.109. The fourth-order valence-corrected chi connectivity index (χ4v) is 1.44. The molecule has 0 radical (unpaired) electrons. The molecule has 0 unspecified atom stereocenters. The number of hydrogen-bond acceptors (Lipinski definition) is 4. The van der Waals surface area contributed by atoms with E-state index in [0.29, 0.717) is 5.82 Å². The highest BCUT2D eigenvalue weighted by atomic mass is 35.5. The summed E-state index contributed by atoms with van der Waals surface area (Å²) in [7, 11) is 0. The van der Waals surface area contributed by atoms with Crippen LogP contribution in [0.5, 0.6) is 0 Å². The lowest BCUT2D eigenvalue weighted by atomic mass is 10.3. The van der Waals surface area contributed by atoms with E-state index in [0.717, 1.165) is 0 Å². The number of nitrogens with two attached hydrogens (primary N) is 1. The maximum atomic E-state index is 13.5. The first kappa shape index (κ1) is 10.0. The van der Waals surface area contributed by atoms with E-state index in [9.17, 15) is 4.39 Å². The molecule has 0 aliphatic rings.